The predicted octanol–water partition coefficient (Wildman–Crippen LogP) is 4.21. The number of nitrogens with one attached hydrogen (secondary N) is 1. The molecule has 172 valence electrons. The van der Waals surface area contributed by atoms with Gasteiger partial charge in [0, 0.05) is 23.7 Å². The number of carbonyl (C=O) groups excluding carboxylic acids is 1. The second kappa shape index (κ2) is 8.09. The lowest BCUT2D eigenvalue weighted by atomic mass is 9.93. The van der Waals surface area contributed by atoms with E-state index in [1.54, 1.807) is 24.5 Å². The van der Waals surface area contributed by atoms with E-state index in [0.29, 0.717) is 42.1 Å². The van der Waals surface area contributed by atoms with Crippen LogP contribution in [0.1, 0.15) is 32.2 Å². The highest BCUT2D eigenvalue weighted by Crippen LogP contribution is 2.62. The van der Waals surface area contributed by atoms with Crippen LogP contribution in [0.2, 0.25) is 0 Å². The molecule has 1 saturated heterocycles. The van der Waals surface area contributed by atoms with E-state index < -0.39 is 0 Å². The molecule has 1 unspecified atom stereocenters. The number of rotatable bonds is 7. The van der Waals surface area contributed by atoms with Crippen LogP contribution in [-0.4, -0.2) is 40.0 Å². The lowest BCUT2D eigenvalue weighted by Crippen LogP contribution is -2.31. The molecule has 2 aromatic heterocycles. The lowest BCUT2D eigenvalue weighted by Gasteiger charge is -2.25. The number of carbonyl (C=O) groups is 1. The third kappa shape index (κ3) is 3.76. The van der Waals surface area contributed by atoms with E-state index >= 15 is 0 Å². The molecule has 0 spiro atoms. The van der Waals surface area contributed by atoms with Gasteiger partial charge in [-0.1, -0.05) is 6.92 Å². The van der Waals surface area contributed by atoms with Gasteiger partial charge in [-0.15, -0.1) is 0 Å². The normalized spacial score (nSPS) is 27.1. The summed E-state index contributed by atoms with van der Waals surface area (Å²) >= 11 is 0. The van der Waals surface area contributed by atoms with E-state index in [4.69, 9.17) is 9.47 Å². The van der Waals surface area contributed by atoms with Gasteiger partial charge < -0.3 is 14.8 Å². The predicted molar refractivity (Wildman–Crippen MR) is 120 cm³/mol. The molecule has 0 radical (unpaired) electrons. The number of ether oxygens (including phenoxy) is 2. The average molecular weight is 451 g/mol. The number of anilines is 1. The molecular weight excluding hydrogens is 423 g/mol. The monoisotopic (exact) mass is 450 g/mol. The Morgan fingerprint density at radius 1 is 1.30 bits per heavy atom. The first kappa shape index (κ1) is 20.6. The van der Waals surface area contributed by atoms with Crippen LogP contribution in [0.25, 0.3) is 10.9 Å². The Hall–Kier alpha value is -3.00. The standard InChI is InChI=1S/C25H27FN4O3/c1-2-18(25(31)29-15-10-28-30(11-15)16-12-32-13-16)24-19-8-17(9-20(19)24)33-23-5-6-27-22-4-3-14(26)7-21(22)23/h3-7,10-11,16-20,24H,2,8-9,12-13H2,1H3,(H,29,31)/t17-,18?,19-,20+,24+. The number of nitrogens with zero attached hydrogens (tertiary/aromatic N) is 3. The minimum atomic E-state index is -0.293. The van der Waals surface area contributed by atoms with Crippen molar-refractivity contribution in [3.8, 4) is 5.75 Å². The molecule has 3 aromatic rings. The summed E-state index contributed by atoms with van der Waals surface area (Å²) < 4.78 is 27.1. The van der Waals surface area contributed by atoms with Crippen LogP contribution in [0, 0.1) is 29.5 Å². The number of aromatic nitrogens is 3. The zero-order chi connectivity index (χ0) is 22.5. The van der Waals surface area contributed by atoms with E-state index in [1.165, 1.54) is 12.1 Å². The van der Waals surface area contributed by atoms with Crippen LogP contribution in [0.4, 0.5) is 10.1 Å². The first-order valence-electron chi connectivity index (χ1n) is 11.7. The van der Waals surface area contributed by atoms with Crippen LogP contribution in [0.5, 0.6) is 5.75 Å². The van der Waals surface area contributed by atoms with Crippen molar-refractivity contribution in [2.24, 2.45) is 23.7 Å². The summed E-state index contributed by atoms with van der Waals surface area (Å²) in [6.45, 7) is 3.43. The Morgan fingerprint density at radius 3 is 2.85 bits per heavy atom. The fraction of sp³-hybridized carbons (Fsp3) is 0.480. The van der Waals surface area contributed by atoms with Crippen LogP contribution in [-0.2, 0) is 9.53 Å². The van der Waals surface area contributed by atoms with Gasteiger partial charge in [0.15, 0.2) is 0 Å². The quantitative estimate of drug-likeness (QED) is 0.583. The summed E-state index contributed by atoms with van der Waals surface area (Å²) in [6.07, 6.45) is 8.06. The van der Waals surface area contributed by atoms with E-state index in [0.717, 1.165) is 30.5 Å². The smallest absolute Gasteiger partial charge is 0.227 e. The molecule has 3 fully saturated rings. The zero-order valence-electron chi connectivity index (χ0n) is 18.5. The van der Waals surface area contributed by atoms with E-state index in [1.807, 2.05) is 10.9 Å². The van der Waals surface area contributed by atoms with Gasteiger partial charge in [-0.2, -0.15) is 5.10 Å². The highest BCUT2D eigenvalue weighted by molar-refractivity contribution is 5.92. The number of halogens is 1. The molecule has 3 heterocycles. The van der Waals surface area contributed by atoms with Gasteiger partial charge in [0.05, 0.1) is 42.8 Å². The van der Waals surface area contributed by atoms with Gasteiger partial charge in [-0.3, -0.25) is 14.5 Å². The molecule has 1 N–H and O–H groups in total. The summed E-state index contributed by atoms with van der Waals surface area (Å²) in [7, 11) is 0. The molecule has 1 amide bonds. The number of hydrogen-bond acceptors (Lipinski definition) is 5. The fourth-order valence-electron chi connectivity index (χ4n) is 5.76. The lowest BCUT2D eigenvalue weighted by molar-refractivity contribution is -0.121. The Morgan fingerprint density at radius 2 is 2.12 bits per heavy atom. The number of fused-ring (bicyclic) bond motifs is 2. The van der Waals surface area contributed by atoms with Crippen LogP contribution >= 0.6 is 0 Å². The van der Waals surface area contributed by atoms with Crippen LogP contribution < -0.4 is 10.1 Å². The van der Waals surface area contributed by atoms with Gasteiger partial charge in [-0.25, -0.2) is 4.39 Å². The number of pyridine rings is 1. The van der Waals surface area contributed by atoms with Crippen molar-refractivity contribution in [1.29, 1.82) is 0 Å². The number of benzene rings is 1. The van der Waals surface area contributed by atoms with E-state index in [2.05, 4.69) is 22.3 Å². The second-order valence-electron chi connectivity index (χ2n) is 9.49. The molecule has 8 heteroatoms. The zero-order valence-corrected chi connectivity index (χ0v) is 18.5. The number of amides is 1. The Balaban J connectivity index is 1.07. The molecule has 0 bridgehead atoms. The molecular formula is C25H27FN4O3. The summed E-state index contributed by atoms with van der Waals surface area (Å²) in [5, 5.41) is 8.12. The van der Waals surface area contributed by atoms with Gasteiger partial charge in [0.25, 0.3) is 0 Å². The highest BCUT2D eigenvalue weighted by atomic mass is 19.1. The first-order valence-corrected chi connectivity index (χ1v) is 11.7. The molecule has 3 aliphatic rings. The maximum Gasteiger partial charge on any atom is 0.227 e. The van der Waals surface area contributed by atoms with Crippen LogP contribution in [0.15, 0.2) is 42.9 Å². The molecule has 1 aliphatic heterocycles. The van der Waals surface area contributed by atoms with Crippen molar-refractivity contribution in [3.63, 3.8) is 0 Å². The van der Waals surface area contributed by atoms with Crippen LogP contribution in [0.3, 0.4) is 0 Å². The maximum absolute atomic E-state index is 13.7. The average Bonchev–Trinajstić information content (AvgIpc) is 3.09. The molecule has 1 aromatic carbocycles. The summed E-state index contributed by atoms with van der Waals surface area (Å²) in [4.78, 5) is 17.3. The van der Waals surface area contributed by atoms with E-state index in [-0.39, 0.29) is 29.8 Å². The van der Waals surface area contributed by atoms with E-state index in [9.17, 15) is 9.18 Å². The molecule has 5 atom stereocenters. The summed E-state index contributed by atoms with van der Waals surface area (Å²) in [5.41, 5.74) is 1.47. The van der Waals surface area contributed by atoms with Gasteiger partial charge >= 0.3 is 0 Å². The minimum absolute atomic E-state index is 0.00723. The molecule has 33 heavy (non-hydrogen) atoms. The van der Waals surface area contributed by atoms with Crippen molar-refractivity contribution in [2.75, 3.05) is 18.5 Å². The molecule has 7 nitrogen and oxygen atoms in total. The fourth-order valence-corrected chi connectivity index (χ4v) is 5.76. The Bertz CT molecular complexity index is 1180. The maximum atomic E-state index is 13.7. The third-order valence-electron chi connectivity index (χ3n) is 7.53. The van der Waals surface area contributed by atoms with Crippen molar-refractivity contribution < 1.29 is 18.7 Å². The van der Waals surface area contributed by atoms with Gasteiger partial charge in [0.2, 0.25) is 5.91 Å². The number of hydrogen-bond donors (Lipinski definition) is 1. The van der Waals surface area contributed by atoms with Crippen molar-refractivity contribution in [3.05, 3.63) is 48.7 Å². The Labute approximate surface area is 191 Å². The van der Waals surface area contributed by atoms with Crippen molar-refractivity contribution >= 4 is 22.5 Å². The van der Waals surface area contributed by atoms with Gasteiger partial charge in [0.1, 0.15) is 11.6 Å². The molecule has 6 rings (SSSR count). The SMILES string of the molecule is CCC(C(=O)Nc1cnn(C2COC2)c1)[C@H]1[C@@H]2C[C@@H](Oc3ccnc4ccc(F)cc34)C[C@@H]21. The highest BCUT2D eigenvalue weighted by Gasteiger charge is 2.60. The largest absolute Gasteiger partial charge is 0.490 e. The minimum Gasteiger partial charge on any atom is -0.490 e. The summed E-state index contributed by atoms with van der Waals surface area (Å²) in [5.74, 6) is 1.87. The summed E-state index contributed by atoms with van der Waals surface area (Å²) in [6, 6.07) is 6.64. The third-order valence-corrected chi connectivity index (χ3v) is 7.53. The second-order valence-corrected chi connectivity index (χ2v) is 9.49. The molecule has 2 saturated carbocycles. The van der Waals surface area contributed by atoms with Gasteiger partial charge in [-0.05, 0) is 61.3 Å². The Kier molecular flexibility index (Phi) is 5.05. The topological polar surface area (TPSA) is 78.3 Å². The molecule has 2 aliphatic carbocycles. The van der Waals surface area contributed by atoms with Crippen molar-refractivity contribution in [2.45, 2.75) is 38.3 Å². The van der Waals surface area contributed by atoms with Crippen molar-refractivity contribution in [1.82, 2.24) is 14.8 Å². The first-order chi connectivity index (χ1) is 16.1.